The summed E-state index contributed by atoms with van der Waals surface area (Å²) in [5, 5.41) is 14.0. The van der Waals surface area contributed by atoms with Crippen LogP contribution in [0.2, 0.25) is 0 Å². The minimum Gasteiger partial charge on any atom is -0.490 e. The lowest BCUT2D eigenvalue weighted by atomic mass is 10.0. The smallest absolute Gasteiger partial charge is 0.313 e. The molecule has 1 saturated heterocycles. The number of rotatable bonds is 5. The Hall–Kier alpha value is -1.89. The molecule has 0 aliphatic carbocycles. The average Bonchev–Trinajstić information content (AvgIpc) is 2.49. The number of halogens is 1. The standard InChI is InChI=1S/C14H20FN3O3/c1-3-17-6-4-10(5-7-17)16-12-9-14(21-2)13(18(19)20)8-11(12)15/h8-10,16H,3-7H2,1-2H3. The lowest BCUT2D eigenvalue weighted by Crippen LogP contribution is -2.39. The Labute approximate surface area is 123 Å². The van der Waals surface area contributed by atoms with Gasteiger partial charge in [0.1, 0.15) is 0 Å². The highest BCUT2D eigenvalue weighted by Crippen LogP contribution is 2.33. The Morgan fingerprint density at radius 3 is 2.67 bits per heavy atom. The van der Waals surface area contributed by atoms with Crippen molar-refractivity contribution < 1.29 is 14.1 Å². The zero-order chi connectivity index (χ0) is 15.4. The van der Waals surface area contributed by atoms with Gasteiger partial charge in [0, 0.05) is 25.2 Å². The zero-order valence-corrected chi connectivity index (χ0v) is 12.3. The molecule has 6 nitrogen and oxygen atoms in total. The molecule has 1 aromatic rings. The Balaban J connectivity index is 2.12. The zero-order valence-electron chi connectivity index (χ0n) is 12.3. The fraction of sp³-hybridized carbons (Fsp3) is 0.571. The highest BCUT2D eigenvalue weighted by Gasteiger charge is 2.22. The van der Waals surface area contributed by atoms with Gasteiger partial charge >= 0.3 is 5.69 Å². The molecule has 116 valence electrons. The normalized spacial score (nSPS) is 16.7. The molecule has 0 atom stereocenters. The Kier molecular flexibility index (Phi) is 4.95. The minimum atomic E-state index is -0.647. The van der Waals surface area contributed by atoms with Crippen LogP contribution in [0, 0.1) is 15.9 Å². The lowest BCUT2D eigenvalue weighted by Gasteiger charge is -2.32. The Bertz CT molecular complexity index is 516. The predicted molar refractivity (Wildman–Crippen MR) is 78.4 cm³/mol. The second-order valence-corrected chi connectivity index (χ2v) is 5.11. The van der Waals surface area contributed by atoms with Gasteiger partial charge in [-0.25, -0.2) is 4.39 Å². The molecule has 7 heteroatoms. The number of piperidine rings is 1. The largest absolute Gasteiger partial charge is 0.490 e. The molecule has 21 heavy (non-hydrogen) atoms. The van der Waals surface area contributed by atoms with Crippen LogP contribution in [0.5, 0.6) is 5.75 Å². The molecule has 0 radical (unpaired) electrons. The third kappa shape index (κ3) is 3.60. The van der Waals surface area contributed by atoms with Crippen LogP contribution in [0.15, 0.2) is 12.1 Å². The van der Waals surface area contributed by atoms with Gasteiger partial charge in [0.25, 0.3) is 0 Å². The quantitative estimate of drug-likeness (QED) is 0.668. The first-order valence-electron chi connectivity index (χ1n) is 7.06. The van der Waals surface area contributed by atoms with Gasteiger partial charge in [-0.1, -0.05) is 6.92 Å². The molecule has 1 heterocycles. The van der Waals surface area contributed by atoms with Gasteiger partial charge in [0.15, 0.2) is 11.6 Å². The third-order valence-electron chi connectivity index (χ3n) is 3.86. The Morgan fingerprint density at radius 2 is 2.14 bits per heavy atom. The maximum atomic E-state index is 14.0. The first-order chi connectivity index (χ1) is 10.0. The SMILES string of the molecule is CCN1CCC(Nc2cc(OC)c([N+](=O)[O-])cc2F)CC1. The van der Waals surface area contributed by atoms with Gasteiger partial charge in [0.05, 0.1) is 23.8 Å². The van der Waals surface area contributed by atoms with Crippen LogP contribution in [-0.4, -0.2) is 42.6 Å². The van der Waals surface area contributed by atoms with E-state index in [1.54, 1.807) is 0 Å². The molecule has 1 aromatic carbocycles. The van der Waals surface area contributed by atoms with Crippen LogP contribution in [0.25, 0.3) is 0 Å². The topological polar surface area (TPSA) is 67.6 Å². The summed E-state index contributed by atoms with van der Waals surface area (Å²) in [5.74, 6) is -0.560. The number of nitro benzene ring substituents is 1. The molecule has 0 spiro atoms. The van der Waals surface area contributed by atoms with E-state index in [9.17, 15) is 14.5 Å². The van der Waals surface area contributed by atoms with Crippen LogP contribution >= 0.6 is 0 Å². The molecule has 2 rings (SSSR count). The van der Waals surface area contributed by atoms with Crippen LogP contribution in [0.4, 0.5) is 15.8 Å². The van der Waals surface area contributed by atoms with Crippen LogP contribution in [0.3, 0.4) is 0 Å². The van der Waals surface area contributed by atoms with Crippen LogP contribution in [-0.2, 0) is 0 Å². The number of ether oxygens (including phenoxy) is 1. The summed E-state index contributed by atoms with van der Waals surface area (Å²) >= 11 is 0. The van der Waals surface area contributed by atoms with Crippen molar-refractivity contribution in [2.75, 3.05) is 32.1 Å². The van der Waals surface area contributed by atoms with Gasteiger partial charge in [0.2, 0.25) is 0 Å². The van der Waals surface area contributed by atoms with Gasteiger partial charge in [-0.2, -0.15) is 0 Å². The van der Waals surface area contributed by atoms with Crippen molar-refractivity contribution in [3.05, 3.63) is 28.1 Å². The summed E-state index contributed by atoms with van der Waals surface area (Å²) < 4.78 is 19.0. The summed E-state index contributed by atoms with van der Waals surface area (Å²) in [6.45, 7) is 5.08. The van der Waals surface area contributed by atoms with Crippen molar-refractivity contribution in [3.63, 3.8) is 0 Å². The minimum absolute atomic E-state index is 0.0647. The summed E-state index contributed by atoms with van der Waals surface area (Å²) in [5.41, 5.74) is -0.103. The van der Waals surface area contributed by atoms with Gasteiger partial charge in [-0.15, -0.1) is 0 Å². The maximum absolute atomic E-state index is 14.0. The van der Waals surface area contributed by atoms with Crippen molar-refractivity contribution in [3.8, 4) is 5.75 Å². The van der Waals surface area contributed by atoms with E-state index in [2.05, 4.69) is 17.1 Å². The number of hydrogen-bond acceptors (Lipinski definition) is 5. The molecule has 0 unspecified atom stereocenters. The number of hydrogen-bond donors (Lipinski definition) is 1. The van der Waals surface area contributed by atoms with Crippen LogP contribution in [0.1, 0.15) is 19.8 Å². The number of methoxy groups -OCH3 is 1. The van der Waals surface area contributed by atoms with E-state index in [1.807, 2.05) is 0 Å². The van der Waals surface area contributed by atoms with E-state index in [0.717, 1.165) is 38.5 Å². The molecule has 0 saturated carbocycles. The van der Waals surface area contributed by atoms with Crippen molar-refractivity contribution in [2.24, 2.45) is 0 Å². The van der Waals surface area contributed by atoms with Crippen LogP contribution < -0.4 is 10.1 Å². The number of nitrogens with zero attached hydrogens (tertiary/aromatic N) is 2. The molecule has 1 aliphatic heterocycles. The number of benzene rings is 1. The molecule has 0 amide bonds. The highest BCUT2D eigenvalue weighted by molar-refractivity contribution is 5.59. The molecular formula is C14H20FN3O3. The molecule has 1 N–H and O–H groups in total. The summed E-state index contributed by atoms with van der Waals surface area (Å²) in [6.07, 6.45) is 1.85. The molecular weight excluding hydrogens is 277 g/mol. The third-order valence-corrected chi connectivity index (χ3v) is 3.86. The predicted octanol–water partition coefficient (Wildman–Crippen LogP) is 2.64. The molecule has 0 bridgehead atoms. The highest BCUT2D eigenvalue weighted by atomic mass is 19.1. The van der Waals surface area contributed by atoms with Crippen molar-refractivity contribution in [1.29, 1.82) is 0 Å². The molecule has 0 aromatic heterocycles. The van der Waals surface area contributed by atoms with E-state index >= 15 is 0 Å². The average molecular weight is 297 g/mol. The number of anilines is 1. The van der Waals surface area contributed by atoms with Gasteiger partial charge in [-0.3, -0.25) is 10.1 Å². The first-order valence-corrected chi connectivity index (χ1v) is 7.06. The van der Waals surface area contributed by atoms with E-state index < -0.39 is 10.7 Å². The molecule has 1 aliphatic rings. The van der Waals surface area contributed by atoms with E-state index in [4.69, 9.17) is 4.74 Å². The Morgan fingerprint density at radius 1 is 1.48 bits per heavy atom. The second-order valence-electron chi connectivity index (χ2n) is 5.11. The second kappa shape index (κ2) is 6.71. The monoisotopic (exact) mass is 297 g/mol. The summed E-state index contributed by atoms with van der Waals surface area (Å²) in [7, 11) is 1.34. The number of likely N-dealkylation sites (tertiary alicyclic amines) is 1. The van der Waals surface area contributed by atoms with Crippen molar-refractivity contribution >= 4 is 11.4 Å². The van der Waals surface area contributed by atoms with Crippen molar-refractivity contribution in [1.82, 2.24) is 4.90 Å². The van der Waals surface area contributed by atoms with Gasteiger partial charge < -0.3 is 15.0 Å². The number of nitro groups is 1. The van der Waals surface area contributed by atoms with E-state index in [-0.39, 0.29) is 23.2 Å². The first kappa shape index (κ1) is 15.5. The van der Waals surface area contributed by atoms with Gasteiger partial charge in [-0.05, 0) is 19.4 Å². The fourth-order valence-electron chi connectivity index (χ4n) is 2.57. The summed E-state index contributed by atoms with van der Waals surface area (Å²) in [6, 6.07) is 2.44. The fourth-order valence-corrected chi connectivity index (χ4v) is 2.57. The van der Waals surface area contributed by atoms with E-state index in [0.29, 0.717) is 0 Å². The van der Waals surface area contributed by atoms with E-state index in [1.165, 1.54) is 13.2 Å². The lowest BCUT2D eigenvalue weighted by molar-refractivity contribution is -0.385. The van der Waals surface area contributed by atoms with Crippen molar-refractivity contribution in [2.45, 2.75) is 25.8 Å². The maximum Gasteiger partial charge on any atom is 0.313 e. The number of nitrogens with one attached hydrogen (secondary N) is 1. The molecule has 1 fully saturated rings. The summed E-state index contributed by atoms with van der Waals surface area (Å²) in [4.78, 5) is 12.5.